The zero-order chi connectivity index (χ0) is 19.2. The number of thiazole rings is 1. The number of ether oxygens (including phenoxy) is 1. The van der Waals surface area contributed by atoms with Gasteiger partial charge >= 0.3 is 5.97 Å². The molecule has 1 aromatic carbocycles. The van der Waals surface area contributed by atoms with Crippen molar-refractivity contribution in [2.45, 2.75) is 26.8 Å². The van der Waals surface area contributed by atoms with Crippen LogP contribution < -0.4 is 4.80 Å². The van der Waals surface area contributed by atoms with Crippen LogP contribution >= 0.6 is 22.7 Å². The topological polar surface area (TPSA) is 60.7 Å². The smallest absolute Gasteiger partial charge is 0.326 e. The highest BCUT2D eigenvalue weighted by atomic mass is 32.1. The summed E-state index contributed by atoms with van der Waals surface area (Å²) in [5.74, 6) is -0.705. The Morgan fingerprint density at radius 1 is 1.26 bits per heavy atom. The highest BCUT2D eigenvalue weighted by molar-refractivity contribution is 7.16. The number of thiophene rings is 1. The normalized spacial score (nSPS) is 12.1. The van der Waals surface area contributed by atoms with Crippen LogP contribution in [0.2, 0.25) is 0 Å². The van der Waals surface area contributed by atoms with Gasteiger partial charge in [-0.2, -0.15) is 4.99 Å². The molecule has 0 N–H and O–H groups in total. The first-order valence-corrected chi connectivity index (χ1v) is 10.4. The Bertz CT molecular complexity index is 1040. The SMILES string of the molecule is CCOC(=O)Cn1c(=NC(=O)C=Cc2cccs2)sc2cc(CC)ccc21. The Labute approximate surface area is 165 Å². The van der Waals surface area contributed by atoms with E-state index in [0.717, 1.165) is 21.5 Å². The van der Waals surface area contributed by atoms with Gasteiger partial charge in [0.25, 0.3) is 5.91 Å². The van der Waals surface area contributed by atoms with Gasteiger partial charge in [-0.25, -0.2) is 0 Å². The number of rotatable bonds is 6. The standard InChI is InChI=1S/C20H20N2O3S2/c1-3-14-7-9-16-17(12-14)27-20(22(16)13-19(24)25-4-2)21-18(23)10-8-15-6-5-11-26-15/h5-12H,3-4,13H2,1-2H3. The molecule has 2 aromatic heterocycles. The highest BCUT2D eigenvalue weighted by Crippen LogP contribution is 2.20. The average molecular weight is 401 g/mol. The molecule has 3 aromatic rings. The van der Waals surface area contributed by atoms with E-state index >= 15 is 0 Å². The largest absolute Gasteiger partial charge is 0.465 e. The molecule has 5 nitrogen and oxygen atoms in total. The number of fused-ring (bicyclic) bond motifs is 1. The van der Waals surface area contributed by atoms with Crippen LogP contribution in [0.25, 0.3) is 16.3 Å². The number of carbonyl (C=O) groups excluding carboxylic acids is 2. The summed E-state index contributed by atoms with van der Waals surface area (Å²) in [5.41, 5.74) is 2.07. The van der Waals surface area contributed by atoms with Crippen molar-refractivity contribution in [1.82, 2.24) is 4.57 Å². The van der Waals surface area contributed by atoms with Gasteiger partial charge in [0.1, 0.15) is 6.54 Å². The first-order valence-electron chi connectivity index (χ1n) is 8.69. The average Bonchev–Trinajstić information content (AvgIpc) is 3.28. The number of carbonyl (C=O) groups is 2. The molecular formula is C20H20N2O3S2. The molecule has 0 unspecified atom stereocenters. The number of aromatic nitrogens is 1. The minimum atomic E-state index is -0.358. The van der Waals surface area contributed by atoms with E-state index in [2.05, 4.69) is 18.0 Å². The van der Waals surface area contributed by atoms with Crippen LogP contribution in [0.5, 0.6) is 0 Å². The first-order chi connectivity index (χ1) is 13.1. The van der Waals surface area contributed by atoms with Gasteiger partial charge < -0.3 is 9.30 Å². The molecule has 0 aliphatic rings. The maximum absolute atomic E-state index is 12.3. The van der Waals surface area contributed by atoms with Gasteiger partial charge in [0.05, 0.1) is 16.8 Å². The van der Waals surface area contributed by atoms with Gasteiger partial charge in [-0.05, 0) is 48.6 Å². The van der Waals surface area contributed by atoms with E-state index in [-0.39, 0.29) is 18.4 Å². The summed E-state index contributed by atoms with van der Waals surface area (Å²) >= 11 is 2.95. The predicted octanol–water partition coefficient (Wildman–Crippen LogP) is 4.03. The number of benzene rings is 1. The molecular weight excluding hydrogens is 380 g/mol. The van der Waals surface area contributed by atoms with Gasteiger partial charge in [-0.1, -0.05) is 30.4 Å². The Kier molecular flexibility index (Phi) is 6.36. The van der Waals surface area contributed by atoms with Gasteiger partial charge in [0.15, 0.2) is 4.80 Å². The number of aryl methyl sites for hydroxylation is 1. The van der Waals surface area contributed by atoms with E-state index in [4.69, 9.17) is 4.74 Å². The van der Waals surface area contributed by atoms with Gasteiger partial charge in [-0.15, -0.1) is 11.3 Å². The van der Waals surface area contributed by atoms with Crippen LogP contribution in [0.1, 0.15) is 24.3 Å². The van der Waals surface area contributed by atoms with Gasteiger partial charge in [0.2, 0.25) is 0 Å². The van der Waals surface area contributed by atoms with E-state index in [9.17, 15) is 9.59 Å². The molecule has 0 bridgehead atoms. The summed E-state index contributed by atoms with van der Waals surface area (Å²) in [7, 11) is 0. The maximum atomic E-state index is 12.3. The Morgan fingerprint density at radius 2 is 2.11 bits per heavy atom. The molecule has 0 saturated carbocycles. The summed E-state index contributed by atoms with van der Waals surface area (Å²) in [6.07, 6.45) is 4.11. The second-order valence-electron chi connectivity index (χ2n) is 5.73. The fourth-order valence-electron chi connectivity index (χ4n) is 2.58. The van der Waals surface area contributed by atoms with E-state index in [1.807, 2.05) is 29.6 Å². The number of hydrogen-bond acceptors (Lipinski definition) is 5. The molecule has 0 saturated heterocycles. The Balaban J connectivity index is 2.00. The molecule has 7 heteroatoms. The van der Waals surface area contributed by atoms with Crippen molar-refractivity contribution >= 4 is 50.8 Å². The fourth-order valence-corrected chi connectivity index (χ4v) is 4.30. The van der Waals surface area contributed by atoms with E-state index < -0.39 is 0 Å². The van der Waals surface area contributed by atoms with Crippen molar-refractivity contribution in [3.8, 4) is 0 Å². The Hall–Kier alpha value is -2.51. The monoisotopic (exact) mass is 400 g/mol. The van der Waals surface area contributed by atoms with Gasteiger partial charge in [0, 0.05) is 11.0 Å². The fraction of sp³-hybridized carbons (Fsp3) is 0.250. The van der Waals surface area contributed by atoms with Crippen molar-refractivity contribution in [3.63, 3.8) is 0 Å². The van der Waals surface area contributed by atoms with Crippen LogP contribution in [0.4, 0.5) is 0 Å². The Morgan fingerprint density at radius 3 is 2.81 bits per heavy atom. The van der Waals surface area contributed by atoms with Crippen molar-refractivity contribution in [2.24, 2.45) is 4.99 Å². The lowest BCUT2D eigenvalue weighted by atomic mass is 10.2. The molecule has 0 aliphatic heterocycles. The summed E-state index contributed by atoms with van der Waals surface area (Å²) in [6.45, 7) is 4.20. The molecule has 3 rings (SSSR count). The van der Waals surface area contributed by atoms with Crippen LogP contribution in [0, 0.1) is 0 Å². The molecule has 0 atom stereocenters. The summed E-state index contributed by atoms with van der Waals surface area (Å²) < 4.78 is 7.81. The quantitative estimate of drug-likeness (QED) is 0.464. The molecule has 27 heavy (non-hydrogen) atoms. The second-order valence-corrected chi connectivity index (χ2v) is 7.72. The van der Waals surface area contributed by atoms with Crippen LogP contribution in [0.3, 0.4) is 0 Å². The van der Waals surface area contributed by atoms with E-state index in [1.165, 1.54) is 23.0 Å². The van der Waals surface area contributed by atoms with Crippen molar-refractivity contribution in [3.05, 3.63) is 57.0 Å². The number of nitrogens with zero attached hydrogens (tertiary/aromatic N) is 2. The van der Waals surface area contributed by atoms with Crippen molar-refractivity contribution < 1.29 is 14.3 Å². The van der Waals surface area contributed by atoms with Crippen LogP contribution in [-0.4, -0.2) is 23.1 Å². The minimum absolute atomic E-state index is 0.0278. The zero-order valence-electron chi connectivity index (χ0n) is 15.2. The second kappa shape index (κ2) is 8.92. The number of amides is 1. The summed E-state index contributed by atoms with van der Waals surface area (Å²) in [5, 5.41) is 1.95. The zero-order valence-corrected chi connectivity index (χ0v) is 16.8. The molecule has 0 fully saturated rings. The maximum Gasteiger partial charge on any atom is 0.326 e. The summed E-state index contributed by atoms with van der Waals surface area (Å²) in [4.78, 5) is 30.0. The molecule has 140 valence electrons. The first kappa shape index (κ1) is 19.3. The third kappa shape index (κ3) is 4.81. The van der Waals surface area contributed by atoms with Crippen molar-refractivity contribution in [2.75, 3.05) is 6.61 Å². The molecule has 0 radical (unpaired) electrons. The highest BCUT2D eigenvalue weighted by Gasteiger charge is 2.12. The number of esters is 1. The molecule has 0 aliphatic carbocycles. The number of hydrogen-bond donors (Lipinski definition) is 0. The van der Waals surface area contributed by atoms with E-state index in [1.54, 1.807) is 28.9 Å². The lowest BCUT2D eigenvalue weighted by Crippen LogP contribution is -2.22. The van der Waals surface area contributed by atoms with Gasteiger partial charge in [-0.3, -0.25) is 9.59 Å². The van der Waals surface area contributed by atoms with Crippen molar-refractivity contribution in [1.29, 1.82) is 0 Å². The molecule has 0 spiro atoms. The molecule has 2 heterocycles. The third-order valence-corrected chi connectivity index (χ3v) is 5.77. The lowest BCUT2D eigenvalue weighted by Gasteiger charge is -2.05. The minimum Gasteiger partial charge on any atom is -0.465 e. The third-order valence-electron chi connectivity index (χ3n) is 3.89. The van der Waals surface area contributed by atoms with Crippen LogP contribution in [-0.2, 0) is 27.3 Å². The lowest BCUT2D eigenvalue weighted by molar-refractivity contribution is -0.143. The summed E-state index contributed by atoms with van der Waals surface area (Å²) in [6, 6.07) is 9.93. The molecule has 1 amide bonds. The van der Waals surface area contributed by atoms with E-state index in [0.29, 0.717) is 11.4 Å². The van der Waals surface area contributed by atoms with Crippen LogP contribution in [0.15, 0.2) is 46.8 Å². The predicted molar refractivity (Wildman–Crippen MR) is 110 cm³/mol.